The molecule has 6 heteroatoms. The van der Waals surface area contributed by atoms with Crippen LogP contribution in [0.5, 0.6) is 0 Å². The Morgan fingerprint density at radius 3 is 2.90 bits per heavy atom. The molecule has 3 N–H and O–H groups in total. The summed E-state index contributed by atoms with van der Waals surface area (Å²) in [5.74, 6) is -0.742. The first-order chi connectivity index (χ1) is 10.1. The van der Waals surface area contributed by atoms with Crippen molar-refractivity contribution >= 4 is 22.7 Å². The molecular formula is C15H12FN3O2. The van der Waals surface area contributed by atoms with E-state index in [1.54, 1.807) is 24.5 Å². The highest BCUT2D eigenvalue weighted by Crippen LogP contribution is 2.28. The molecule has 0 bridgehead atoms. The van der Waals surface area contributed by atoms with E-state index in [-0.39, 0.29) is 12.4 Å². The van der Waals surface area contributed by atoms with Crippen molar-refractivity contribution in [3.8, 4) is 11.1 Å². The minimum Gasteiger partial charge on any atom is -0.480 e. The predicted molar refractivity (Wildman–Crippen MR) is 77.6 cm³/mol. The van der Waals surface area contributed by atoms with E-state index in [0.717, 1.165) is 22.0 Å². The van der Waals surface area contributed by atoms with E-state index in [0.29, 0.717) is 5.82 Å². The number of rotatable bonds is 4. The van der Waals surface area contributed by atoms with E-state index in [1.807, 2.05) is 6.07 Å². The smallest absolute Gasteiger partial charge is 0.322 e. The lowest BCUT2D eigenvalue weighted by Gasteiger charge is -2.04. The molecule has 106 valence electrons. The van der Waals surface area contributed by atoms with Gasteiger partial charge in [0.2, 0.25) is 0 Å². The average molecular weight is 285 g/mol. The number of nitrogens with one attached hydrogen (secondary N) is 2. The van der Waals surface area contributed by atoms with Crippen molar-refractivity contribution < 1.29 is 14.3 Å². The van der Waals surface area contributed by atoms with Crippen LogP contribution >= 0.6 is 0 Å². The number of aromatic nitrogens is 2. The maximum Gasteiger partial charge on any atom is 0.322 e. The number of benzene rings is 1. The Kier molecular flexibility index (Phi) is 3.27. The highest BCUT2D eigenvalue weighted by Gasteiger charge is 2.07. The zero-order valence-electron chi connectivity index (χ0n) is 10.9. The molecule has 3 aromatic rings. The van der Waals surface area contributed by atoms with Gasteiger partial charge in [0.25, 0.3) is 0 Å². The number of carbonyl (C=O) groups is 1. The second-order valence-corrected chi connectivity index (χ2v) is 4.57. The second-order valence-electron chi connectivity index (χ2n) is 4.57. The molecule has 3 rings (SSSR count). The Balaban J connectivity index is 1.90. The second kappa shape index (κ2) is 5.24. The van der Waals surface area contributed by atoms with Crippen LogP contribution in [0.1, 0.15) is 0 Å². The molecule has 0 amide bonds. The molecule has 0 aliphatic rings. The van der Waals surface area contributed by atoms with Crippen molar-refractivity contribution in [1.29, 1.82) is 0 Å². The van der Waals surface area contributed by atoms with Gasteiger partial charge in [0.1, 0.15) is 18.2 Å². The molecule has 5 nitrogen and oxygen atoms in total. The van der Waals surface area contributed by atoms with E-state index in [2.05, 4.69) is 15.3 Å². The van der Waals surface area contributed by atoms with Crippen molar-refractivity contribution in [1.82, 2.24) is 9.97 Å². The number of aromatic amines is 1. The zero-order chi connectivity index (χ0) is 14.8. The van der Waals surface area contributed by atoms with Gasteiger partial charge in [-0.05, 0) is 30.3 Å². The Morgan fingerprint density at radius 1 is 1.33 bits per heavy atom. The molecule has 0 spiro atoms. The fraction of sp³-hybridized carbons (Fsp3) is 0.0667. The Bertz CT molecular complexity index is 796. The summed E-state index contributed by atoms with van der Waals surface area (Å²) in [5, 5.41) is 12.2. The van der Waals surface area contributed by atoms with Crippen molar-refractivity contribution in [2.75, 3.05) is 11.9 Å². The molecule has 0 saturated heterocycles. The summed E-state index contributed by atoms with van der Waals surface area (Å²) in [6.45, 7) is -0.182. The predicted octanol–water partition coefficient (Wildman–Crippen LogP) is 2.87. The van der Waals surface area contributed by atoms with Crippen LogP contribution in [-0.4, -0.2) is 27.6 Å². The third-order valence-electron chi connectivity index (χ3n) is 3.14. The van der Waals surface area contributed by atoms with Gasteiger partial charge >= 0.3 is 5.97 Å². The van der Waals surface area contributed by atoms with Gasteiger partial charge in [-0.25, -0.2) is 9.37 Å². The minimum absolute atomic E-state index is 0.182. The first kappa shape index (κ1) is 13.1. The van der Waals surface area contributed by atoms with E-state index in [9.17, 15) is 9.18 Å². The van der Waals surface area contributed by atoms with Crippen LogP contribution < -0.4 is 5.32 Å². The highest BCUT2D eigenvalue weighted by molar-refractivity contribution is 5.95. The van der Waals surface area contributed by atoms with Crippen molar-refractivity contribution in [3.63, 3.8) is 0 Å². The van der Waals surface area contributed by atoms with Crippen LogP contribution in [-0.2, 0) is 4.79 Å². The number of hydrogen-bond acceptors (Lipinski definition) is 3. The normalized spacial score (nSPS) is 10.7. The summed E-state index contributed by atoms with van der Waals surface area (Å²) in [7, 11) is 0. The SMILES string of the molecule is O=C(O)CNc1ccc(-c2c[nH]c3cc(F)ccc23)cn1. The van der Waals surface area contributed by atoms with E-state index in [4.69, 9.17) is 5.11 Å². The Labute approximate surface area is 119 Å². The minimum atomic E-state index is -0.945. The number of nitrogens with zero attached hydrogens (tertiary/aromatic N) is 1. The van der Waals surface area contributed by atoms with E-state index >= 15 is 0 Å². The van der Waals surface area contributed by atoms with Crippen LogP contribution in [0.3, 0.4) is 0 Å². The highest BCUT2D eigenvalue weighted by atomic mass is 19.1. The van der Waals surface area contributed by atoms with Crippen molar-refractivity contribution in [2.24, 2.45) is 0 Å². The molecule has 21 heavy (non-hydrogen) atoms. The molecule has 0 saturated carbocycles. The molecule has 1 aromatic carbocycles. The lowest BCUT2D eigenvalue weighted by molar-refractivity contribution is -0.134. The van der Waals surface area contributed by atoms with Crippen LogP contribution in [0.4, 0.5) is 10.2 Å². The monoisotopic (exact) mass is 285 g/mol. The standard InChI is InChI=1S/C15H12FN3O2/c16-10-2-3-11-12(7-17-13(11)5-10)9-1-4-14(18-6-9)19-8-15(20)21/h1-7,17H,8H2,(H,18,19)(H,20,21). The van der Waals surface area contributed by atoms with Crippen LogP contribution in [0.15, 0.2) is 42.7 Å². The number of anilines is 1. The summed E-state index contributed by atoms with van der Waals surface area (Å²) >= 11 is 0. The van der Waals surface area contributed by atoms with E-state index < -0.39 is 5.97 Å². The number of fused-ring (bicyclic) bond motifs is 1. The fourth-order valence-corrected chi connectivity index (χ4v) is 2.16. The Hall–Kier alpha value is -2.89. The third-order valence-corrected chi connectivity index (χ3v) is 3.14. The maximum absolute atomic E-state index is 13.2. The number of aliphatic carboxylic acids is 1. The van der Waals surface area contributed by atoms with E-state index in [1.165, 1.54) is 12.1 Å². The van der Waals surface area contributed by atoms with Gasteiger partial charge in [-0.3, -0.25) is 4.79 Å². The molecule has 0 aliphatic heterocycles. The van der Waals surface area contributed by atoms with Crippen molar-refractivity contribution in [3.05, 3.63) is 48.5 Å². The summed E-state index contributed by atoms with van der Waals surface area (Å²) in [4.78, 5) is 17.7. The lowest BCUT2D eigenvalue weighted by atomic mass is 10.1. The summed E-state index contributed by atoms with van der Waals surface area (Å²) in [6, 6.07) is 8.11. The first-order valence-electron chi connectivity index (χ1n) is 6.32. The van der Waals surface area contributed by atoms with Gasteiger partial charge in [0.05, 0.1) is 0 Å². The number of carboxylic acid groups (broad SMARTS) is 1. The van der Waals surface area contributed by atoms with Crippen LogP contribution in [0.25, 0.3) is 22.0 Å². The zero-order valence-corrected chi connectivity index (χ0v) is 10.9. The molecule has 0 unspecified atom stereocenters. The summed E-state index contributed by atoms with van der Waals surface area (Å²) in [5.41, 5.74) is 2.51. The topological polar surface area (TPSA) is 78.0 Å². The third kappa shape index (κ3) is 2.69. The van der Waals surface area contributed by atoms with Crippen molar-refractivity contribution in [2.45, 2.75) is 0 Å². The maximum atomic E-state index is 13.2. The van der Waals surface area contributed by atoms with Crippen LogP contribution in [0.2, 0.25) is 0 Å². The largest absolute Gasteiger partial charge is 0.480 e. The molecule has 0 aliphatic carbocycles. The quantitative estimate of drug-likeness (QED) is 0.688. The Morgan fingerprint density at radius 2 is 2.19 bits per heavy atom. The van der Waals surface area contributed by atoms with Gasteiger partial charge in [-0.1, -0.05) is 0 Å². The number of halogens is 1. The van der Waals surface area contributed by atoms with Gasteiger partial charge in [0, 0.05) is 34.4 Å². The average Bonchev–Trinajstić information content (AvgIpc) is 2.88. The van der Waals surface area contributed by atoms with Gasteiger partial charge in [-0.15, -0.1) is 0 Å². The van der Waals surface area contributed by atoms with Gasteiger partial charge in [-0.2, -0.15) is 0 Å². The van der Waals surface area contributed by atoms with Gasteiger partial charge in [0.15, 0.2) is 0 Å². The number of H-pyrrole nitrogens is 1. The molecule has 2 heterocycles. The molecule has 0 fully saturated rings. The lowest BCUT2D eigenvalue weighted by Crippen LogP contribution is -2.12. The summed E-state index contributed by atoms with van der Waals surface area (Å²) in [6.07, 6.45) is 3.45. The van der Waals surface area contributed by atoms with Gasteiger partial charge < -0.3 is 15.4 Å². The molecule has 0 atom stereocenters. The number of carboxylic acids is 1. The van der Waals surface area contributed by atoms with Crippen LogP contribution in [0, 0.1) is 5.82 Å². The fourth-order valence-electron chi connectivity index (χ4n) is 2.16. The summed E-state index contributed by atoms with van der Waals surface area (Å²) < 4.78 is 13.2. The molecular weight excluding hydrogens is 273 g/mol. The molecule has 0 radical (unpaired) electrons. The molecule has 2 aromatic heterocycles. The number of hydrogen-bond donors (Lipinski definition) is 3. The number of pyridine rings is 1. The first-order valence-corrected chi connectivity index (χ1v) is 6.32.